The van der Waals surface area contributed by atoms with Crippen molar-refractivity contribution in [2.45, 2.75) is 26.0 Å². The number of ether oxygens (including phenoxy) is 1. The van der Waals surface area contributed by atoms with Crippen LogP contribution in [0.15, 0.2) is 59.0 Å². The summed E-state index contributed by atoms with van der Waals surface area (Å²) in [5.74, 6) is 2.29. The predicted octanol–water partition coefficient (Wildman–Crippen LogP) is 4.22. The Kier molecular flexibility index (Phi) is 6.27. The van der Waals surface area contributed by atoms with Crippen molar-refractivity contribution in [3.8, 4) is 0 Å². The van der Waals surface area contributed by atoms with Gasteiger partial charge in [0.1, 0.15) is 18.1 Å². The van der Waals surface area contributed by atoms with E-state index >= 15 is 0 Å². The van der Waals surface area contributed by atoms with E-state index in [1.54, 1.807) is 7.11 Å². The number of likely N-dealkylation sites (tertiary alicyclic amines) is 1. The van der Waals surface area contributed by atoms with Gasteiger partial charge in [0.25, 0.3) is 5.91 Å². The SMILES string of the molecule is COCc1ccc(CN2CCC[C@@H](CNC(=O)c3cccc4ccccc34)C2)o1. The molecule has 1 saturated heterocycles. The number of hydrogen-bond acceptors (Lipinski definition) is 4. The average Bonchev–Trinajstić information content (AvgIpc) is 3.19. The molecule has 0 bridgehead atoms. The number of nitrogens with one attached hydrogen (secondary N) is 1. The van der Waals surface area contributed by atoms with E-state index in [2.05, 4.69) is 10.2 Å². The van der Waals surface area contributed by atoms with Gasteiger partial charge in [0.15, 0.2) is 0 Å². The van der Waals surface area contributed by atoms with Crippen LogP contribution in [0.4, 0.5) is 0 Å². The third-order valence-electron chi connectivity index (χ3n) is 5.57. The van der Waals surface area contributed by atoms with Gasteiger partial charge < -0.3 is 14.5 Å². The Bertz CT molecular complexity index is 960. The largest absolute Gasteiger partial charge is 0.462 e. The molecule has 4 rings (SSSR count). The van der Waals surface area contributed by atoms with E-state index in [1.807, 2.05) is 54.6 Å². The quantitative estimate of drug-likeness (QED) is 0.654. The molecule has 1 N–H and O–H groups in total. The highest BCUT2D eigenvalue weighted by Crippen LogP contribution is 2.21. The van der Waals surface area contributed by atoms with Gasteiger partial charge in [0.2, 0.25) is 0 Å². The van der Waals surface area contributed by atoms with Gasteiger partial charge in [0.05, 0.1) is 6.54 Å². The lowest BCUT2D eigenvalue weighted by Crippen LogP contribution is -2.40. The van der Waals surface area contributed by atoms with Crippen molar-refractivity contribution in [3.05, 3.63) is 71.7 Å². The first-order valence-electron chi connectivity index (χ1n) is 10.3. The number of carbonyl (C=O) groups is 1. The number of furan rings is 1. The Morgan fingerprint density at radius 3 is 2.86 bits per heavy atom. The number of hydrogen-bond donors (Lipinski definition) is 1. The van der Waals surface area contributed by atoms with Crippen LogP contribution in [-0.4, -0.2) is 37.6 Å². The molecule has 29 heavy (non-hydrogen) atoms. The number of methoxy groups -OCH3 is 1. The zero-order chi connectivity index (χ0) is 20.1. The fraction of sp³-hybridized carbons (Fsp3) is 0.375. The fourth-order valence-corrected chi connectivity index (χ4v) is 4.16. The van der Waals surface area contributed by atoms with Crippen molar-refractivity contribution in [1.82, 2.24) is 10.2 Å². The summed E-state index contributed by atoms with van der Waals surface area (Å²) in [6.07, 6.45) is 2.28. The number of piperidine rings is 1. The molecule has 1 fully saturated rings. The monoisotopic (exact) mass is 392 g/mol. The molecule has 0 spiro atoms. The van der Waals surface area contributed by atoms with E-state index in [0.717, 1.165) is 60.3 Å². The molecule has 1 aromatic heterocycles. The second-order valence-corrected chi connectivity index (χ2v) is 7.78. The van der Waals surface area contributed by atoms with E-state index in [1.165, 1.54) is 0 Å². The fourth-order valence-electron chi connectivity index (χ4n) is 4.16. The van der Waals surface area contributed by atoms with E-state index in [4.69, 9.17) is 9.15 Å². The number of rotatable bonds is 7. The third-order valence-corrected chi connectivity index (χ3v) is 5.57. The molecule has 152 valence electrons. The maximum Gasteiger partial charge on any atom is 0.251 e. The van der Waals surface area contributed by atoms with Gasteiger partial charge in [-0.1, -0.05) is 36.4 Å². The minimum Gasteiger partial charge on any atom is -0.462 e. The molecule has 0 aliphatic carbocycles. The highest BCUT2D eigenvalue weighted by molar-refractivity contribution is 6.06. The molecule has 5 heteroatoms. The third kappa shape index (κ3) is 4.86. The first kappa shape index (κ1) is 19.7. The Morgan fingerprint density at radius 1 is 1.14 bits per heavy atom. The van der Waals surface area contributed by atoms with Crippen molar-refractivity contribution in [3.63, 3.8) is 0 Å². The molecule has 1 atom stereocenters. The van der Waals surface area contributed by atoms with Gasteiger partial charge in [-0.25, -0.2) is 0 Å². The van der Waals surface area contributed by atoms with Crippen molar-refractivity contribution in [2.75, 3.05) is 26.7 Å². The summed E-state index contributed by atoms with van der Waals surface area (Å²) >= 11 is 0. The summed E-state index contributed by atoms with van der Waals surface area (Å²) in [6.45, 7) is 4.04. The second-order valence-electron chi connectivity index (χ2n) is 7.78. The molecule has 1 aliphatic heterocycles. The highest BCUT2D eigenvalue weighted by atomic mass is 16.5. The molecule has 3 aromatic rings. The minimum atomic E-state index is 0.00849. The number of nitrogens with zero attached hydrogens (tertiary/aromatic N) is 1. The first-order valence-corrected chi connectivity index (χ1v) is 10.3. The summed E-state index contributed by atoms with van der Waals surface area (Å²) in [4.78, 5) is 15.2. The zero-order valence-corrected chi connectivity index (χ0v) is 16.9. The summed E-state index contributed by atoms with van der Waals surface area (Å²) in [5, 5.41) is 5.26. The minimum absolute atomic E-state index is 0.00849. The molecule has 0 radical (unpaired) electrons. The van der Waals surface area contributed by atoms with Crippen LogP contribution >= 0.6 is 0 Å². The zero-order valence-electron chi connectivity index (χ0n) is 16.9. The highest BCUT2D eigenvalue weighted by Gasteiger charge is 2.22. The van der Waals surface area contributed by atoms with Crippen molar-refractivity contribution in [1.29, 1.82) is 0 Å². The summed E-state index contributed by atoms with van der Waals surface area (Å²) in [5.41, 5.74) is 0.747. The van der Waals surface area contributed by atoms with Gasteiger partial charge in [-0.2, -0.15) is 0 Å². The van der Waals surface area contributed by atoms with Crippen LogP contribution in [-0.2, 0) is 17.9 Å². The van der Waals surface area contributed by atoms with Gasteiger partial charge in [-0.05, 0) is 54.3 Å². The lowest BCUT2D eigenvalue weighted by molar-refractivity contribution is 0.0929. The molecular weight excluding hydrogens is 364 g/mol. The molecule has 0 saturated carbocycles. The Morgan fingerprint density at radius 2 is 1.97 bits per heavy atom. The summed E-state index contributed by atoms with van der Waals surface area (Å²) in [7, 11) is 1.67. The number of amides is 1. The lowest BCUT2D eigenvalue weighted by atomic mass is 9.97. The van der Waals surface area contributed by atoms with E-state index in [-0.39, 0.29) is 5.91 Å². The van der Waals surface area contributed by atoms with E-state index in [0.29, 0.717) is 19.1 Å². The number of carbonyl (C=O) groups excluding carboxylic acids is 1. The van der Waals surface area contributed by atoms with Crippen molar-refractivity contribution < 1.29 is 13.9 Å². The Labute approximate surface area is 171 Å². The molecular formula is C24H28N2O3. The Balaban J connectivity index is 1.32. The standard InChI is InChI=1S/C24H28N2O3/c1-28-17-21-12-11-20(29-21)16-26-13-5-6-18(15-26)14-25-24(27)23-10-4-8-19-7-2-3-9-22(19)23/h2-4,7-12,18H,5-6,13-17H2,1H3,(H,25,27)/t18-/m0/s1. The van der Waals surface area contributed by atoms with Crippen LogP contribution in [0.3, 0.4) is 0 Å². The van der Waals surface area contributed by atoms with Gasteiger partial charge >= 0.3 is 0 Å². The summed E-state index contributed by atoms with van der Waals surface area (Å²) < 4.78 is 10.9. The molecule has 2 heterocycles. The van der Waals surface area contributed by atoms with Crippen LogP contribution in [0.25, 0.3) is 10.8 Å². The average molecular weight is 392 g/mol. The van der Waals surface area contributed by atoms with Gasteiger partial charge in [0, 0.05) is 25.8 Å². The van der Waals surface area contributed by atoms with Crippen LogP contribution < -0.4 is 5.32 Å². The van der Waals surface area contributed by atoms with Crippen LogP contribution in [0.1, 0.15) is 34.7 Å². The Hall–Kier alpha value is -2.63. The van der Waals surface area contributed by atoms with Gasteiger partial charge in [-0.15, -0.1) is 0 Å². The number of benzene rings is 2. The molecule has 1 amide bonds. The van der Waals surface area contributed by atoms with Crippen LogP contribution in [0.2, 0.25) is 0 Å². The lowest BCUT2D eigenvalue weighted by Gasteiger charge is -2.32. The van der Waals surface area contributed by atoms with Crippen LogP contribution in [0.5, 0.6) is 0 Å². The second kappa shape index (κ2) is 9.25. The summed E-state index contributed by atoms with van der Waals surface area (Å²) in [6, 6.07) is 17.9. The van der Waals surface area contributed by atoms with Crippen LogP contribution in [0, 0.1) is 5.92 Å². The molecule has 1 aliphatic rings. The van der Waals surface area contributed by atoms with E-state index < -0.39 is 0 Å². The maximum atomic E-state index is 12.8. The van der Waals surface area contributed by atoms with E-state index in [9.17, 15) is 4.79 Å². The number of fused-ring (bicyclic) bond motifs is 1. The molecule has 0 unspecified atom stereocenters. The predicted molar refractivity (Wildman–Crippen MR) is 114 cm³/mol. The van der Waals surface area contributed by atoms with Gasteiger partial charge in [-0.3, -0.25) is 9.69 Å². The maximum absolute atomic E-state index is 12.8. The van der Waals surface area contributed by atoms with Crippen molar-refractivity contribution in [2.24, 2.45) is 5.92 Å². The normalized spacial score (nSPS) is 17.5. The smallest absolute Gasteiger partial charge is 0.251 e. The molecule has 2 aromatic carbocycles. The topological polar surface area (TPSA) is 54.7 Å². The first-order chi connectivity index (χ1) is 14.2. The van der Waals surface area contributed by atoms with Crippen molar-refractivity contribution >= 4 is 16.7 Å². The molecule has 5 nitrogen and oxygen atoms in total.